The molecule has 3 rings (SSSR count). The van der Waals surface area contributed by atoms with E-state index >= 15 is 0 Å². The Morgan fingerprint density at radius 2 is 2.20 bits per heavy atom. The second-order valence-electron chi connectivity index (χ2n) is 5.63. The molecule has 0 radical (unpaired) electrons. The van der Waals surface area contributed by atoms with Gasteiger partial charge in [-0.2, -0.15) is 0 Å². The molecule has 0 aromatic heterocycles. The number of carbonyl (C=O) groups is 1. The predicted octanol–water partition coefficient (Wildman–Crippen LogP) is 2.41. The SMILES string of the molecule is NC1CCC(C(=O)NC2CCOc3c(Cl)cccc32)C1. The van der Waals surface area contributed by atoms with Gasteiger partial charge in [0, 0.05) is 23.9 Å². The topological polar surface area (TPSA) is 64.4 Å². The van der Waals surface area contributed by atoms with Gasteiger partial charge in [0.15, 0.2) is 0 Å². The summed E-state index contributed by atoms with van der Waals surface area (Å²) in [4.78, 5) is 12.3. The molecule has 0 bridgehead atoms. The molecule has 1 aliphatic heterocycles. The van der Waals surface area contributed by atoms with Gasteiger partial charge in [0.25, 0.3) is 0 Å². The van der Waals surface area contributed by atoms with E-state index in [0.29, 0.717) is 17.4 Å². The van der Waals surface area contributed by atoms with E-state index in [1.54, 1.807) is 6.07 Å². The number of amides is 1. The summed E-state index contributed by atoms with van der Waals surface area (Å²) in [5.41, 5.74) is 6.85. The van der Waals surface area contributed by atoms with Crippen LogP contribution in [0.5, 0.6) is 5.75 Å². The smallest absolute Gasteiger partial charge is 0.223 e. The fourth-order valence-electron chi connectivity index (χ4n) is 3.08. The number of benzene rings is 1. The highest BCUT2D eigenvalue weighted by Gasteiger charge is 2.31. The number of fused-ring (bicyclic) bond motifs is 1. The molecule has 1 heterocycles. The zero-order valence-corrected chi connectivity index (χ0v) is 12.0. The maximum Gasteiger partial charge on any atom is 0.223 e. The Bertz CT molecular complexity index is 521. The lowest BCUT2D eigenvalue weighted by Gasteiger charge is -2.28. The molecule has 3 atom stereocenters. The first-order valence-electron chi connectivity index (χ1n) is 7.12. The van der Waals surface area contributed by atoms with E-state index in [2.05, 4.69) is 5.32 Å². The van der Waals surface area contributed by atoms with Crippen LogP contribution in [-0.4, -0.2) is 18.6 Å². The van der Waals surface area contributed by atoms with Crippen molar-refractivity contribution in [2.75, 3.05) is 6.61 Å². The molecule has 1 aromatic carbocycles. The third-order valence-electron chi connectivity index (χ3n) is 4.19. The number of ether oxygens (including phenoxy) is 1. The first kappa shape index (κ1) is 13.7. The average molecular weight is 295 g/mol. The number of rotatable bonds is 2. The number of nitrogens with two attached hydrogens (primary N) is 1. The standard InChI is InChI=1S/C15H19ClN2O2/c16-12-3-1-2-11-13(6-7-20-14(11)12)18-15(19)9-4-5-10(17)8-9/h1-3,9-10,13H,4-8,17H2,(H,18,19). The zero-order chi connectivity index (χ0) is 14.1. The van der Waals surface area contributed by atoms with E-state index in [9.17, 15) is 4.79 Å². The van der Waals surface area contributed by atoms with E-state index in [1.807, 2.05) is 12.1 Å². The Morgan fingerprint density at radius 1 is 1.35 bits per heavy atom. The van der Waals surface area contributed by atoms with Crippen LogP contribution in [0.25, 0.3) is 0 Å². The predicted molar refractivity (Wildman–Crippen MR) is 77.8 cm³/mol. The van der Waals surface area contributed by atoms with Crippen LogP contribution >= 0.6 is 11.6 Å². The van der Waals surface area contributed by atoms with Crippen LogP contribution in [0.1, 0.15) is 37.3 Å². The molecule has 20 heavy (non-hydrogen) atoms. The Balaban J connectivity index is 1.73. The van der Waals surface area contributed by atoms with Gasteiger partial charge in [-0.05, 0) is 25.3 Å². The summed E-state index contributed by atoms with van der Waals surface area (Å²) < 4.78 is 5.61. The Hall–Kier alpha value is -1.26. The van der Waals surface area contributed by atoms with Crippen molar-refractivity contribution in [3.63, 3.8) is 0 Å². The largest absolute Gasteiger partial charge is 0.492 e. The monoisotopic (exact) mass is 294 g/mol. The average Bonchev–Trinajstić information content (AvgIpc) is 2.87. The third kappa shape index (κ3) is 2.63. The molecule has 4 nitrogen and oxygen atoms in total. The van der Waals surface area contributed by atoms with Crippen LogP contribution in [0.2, 0.25) is 5.02 Å². The lowest BCUT2D eigenvalue weighted by atomic mass is 9.99. The molecule has 1 amide bonds. The second kappa shape index (κ2) is 5.62. The fraction of sp³-hybridized carbons (Fsp3) is 0.533. The van der Waals surface area contributed by atoms with Crippen molar-refractivity contribution in [1.29, 1.82) is 0 Å². The minimum atomic E-state index is -0.0122. The summed E-state index contributed by atoms with van der Waals surface area (Å²) in [6.45, 7) is 0.575. The van der Waals surface area contributed by atoms with Gasteiger partial charge in [-0.25, -0.2) is 0 Å². The van der Waals surface area contributed by atoms with E-state index < -0.39 is 0 Å². The fourth-order valence-corrected chi connectivity index (χ4v) is 3.32. The van der Waals surface area contributed by atoms with Gasteiger partial charge in [-0.3, -0.25) is 4.79 Å². The van der Waals surface area contributed by atoms with Crippen LogP contribution in [0.3, 0.4) is 0 Å². The molecule has 1 fully saturated rings. The first-order chi connectivity index (χ1) is 9.65. The Kier molecular flexibility index (Phi) is 3.85. The van der Waals surface area contributed by atoms with E-state index in [1.165, 1.54) is 0 Å². The third-order valence-corrected chi connectivity index (χ3v) is 4.48. The van der Waals surface area contributed by atoms with Gasteiger partial charge in [0.1, 0.15) is 5.75 Å². The normalized spacial score (nSPS) is 28.6. The Morgan fingerprint density at radius 3 is 2.95 bits per heavy atom. The van der Waals surface area contributed by atoms with Crippen LogP contribution in [0, 0.1) is 5.92 Å². The van der Waals surface area contributed by atoms with Crippen LogP contribution in [-0.2, 0) is 4.79 Å². The van der Waals surface area contributed by atoms with Crippen LogP contribution in [0.15, 0.2) is 18.2 Å². The van der Waals surface area contributed by atoms with Gasteiger partial charge in [-0.1, -0.05) is 23.7 Å². The molecule has 0 saturated heterocycles. The van der Waals surface area contributed by atoms with Crippen molar-refractivity contribution in [2.24, 2.45) is 11.7 Å². The first-order valence-corrected chi connectivity index (χ1v) is 7.50. The molecule has 3 unspecified atom stereocenters. The second-order valence-corrected chi connectivity index (χ2v) is 6.03. The quantitative estimate of drug-likeness (QED) is 0.880. The molecule has 1 saturated carbocycles. The summed E-state index contributed by atoms with van der Waals surface area (Å²) in [7, 11) is 0. The van der Waals surface area contributed by atoms with Crippen molar-refractivity contribution < 1.29 is 9.53 Å². The van der Waals surface area contributed by atoms with Crippen LogP contribution in [0.4, 0.5) is 0 Å². The maximum atomic E-state index is 12.3. The number of hydrogen-bond donors (Lipinski definition) is 2. The Labute approximate surface area is 123 Å². The highest BCUT2D eigenvalue weighted by Crippen LogP contribution is 2.38. The lowest BCUT2D eigenvalue weighted by molar-refractivity contribution is -0.125. The molecular weight excluding hydrogens is 276 g/mol. The minimum Gasteiger partial charge on any atom is -0.492 e. The van der Waals surface area contributed by atoms with Gasteiger partial charge >= 0.3 is 0 Å². The number of halogens is 1. The van der Waals surface area contributed by atoms with Crippen molar-refractivity contribution in [3.8, 4) is 5.75 Å². The highest BCUT2D eigenvalue weighted by molar-refractivity contribution is 6.32. The van der Waals surface area contributed by atoms with Crippen molar-refractivity contribution in [1.82, 2.24) is 5.32 Å². The number of para-hydroxylation sites is 1. The highest BCUT2D eigenvalue weighted by atomic mass is 35.5. The summed E-state index contributed by atoms with van der Waals surface area (Å²) >= 11 is 6.14. The molecule has 3 N–H and O–H groups in total. The summed E-state index contributed by atoms with van der Waals surface area (Å²) in [5.74, 6) is 0.861. The number of hydrogen-bond acceptors (Lipinski definition) is 3. The molecule has 1 aromatic rings. The molecule has 0 spiro atoms. The van der Waals surface area contributed by atoms with E-state index in [-0.39, 0.29) is 23.9 Å². The summed E-state index contributed by atoms with van der Waals surface area (Å²) in [6, 6.07) is 5.82. The van der Waals surface area contributed by atoms with Gasteiger partial charge < -0.3 is 15.8 Å². The molecule has 1 aliphatic carbocycles. The summed E-state index contributed by atoms with van der Waals surface area (Å²) in [6.07, 6.45) is 3.39. The van der Waals surface area contributed by atoms with Gasteiger partial charge in [0.2, 0.25) is 5.91 Å². The van der Waals surface area contributed by atoms with Crippen molar-refractivity contribution >= 4 is 17.5 Å². The number of carbonyl (C=O) groups excluding carboxylic acids is 1. The molecular formula is C15H19ClN2O2. The van der Waals surface area contributed by atoms with E-state index in [0.717, 1.165) is 31.2 Å². The van der Waals surface area contributed by atoms with E-state index in [4.69, 9.17) is 22.1 Å². The maximum absolute atomic E-state index is 12.3. The lowest BCUT2D eigenvalue weighted by Crippen LogP contribution is -2.36. The van der Waals surface area contributed by atoms with Crippen molar-refractivity contribution in [2.45, 2.75) is 37.8 Å². The molecule has 2 aliphatic rings. The molecule has 108 valence electrons. The zero-order valence-electron chi connectivity index (χ0n) is 11.3. The van der Waals surface area contributed by atoms with Gasteiger partial charge in [-0.15, -0.1) is 0 Å². The summed E-state index contributed by atoms with van der Waals surface area (Å²) in [5, 5.41) is 3.73. The number of nitrogens with one attached hydrogen (secondary N) is 1. The molecule has 5 heteroatoms. The van der Waals surface area contributed by atoms with Gasteiger partial charge in [0.05, 0.1) is 17.7 Å². The van der Waals surface area contributed by atoms with Crippen molar-refractivity contribution in [3.05, 3.63) is 28.8 Å². The van der Waals surface area contributed by atoms with Crippen LogP contribution < -0.4 is 15.8 Å². The minimum absolute atomic E-state index is 0.0122.